The van der Waals surface area contributed by atoms with Gasteiger partial charge in [-0.25, -0.2) is 4.39 Å². The molecule has 0 aliphatic carbocycles. The summed E-state index contributed by atoms with van der Waals surface area (Å²) in [6.45, 7) is 14.9. The molecule has 1 atom stereocenters. The van der Waals surface area contributed by atoms with E-state index in [-0.39, 0.29) is 46.3 Å². The molecule has 2 aliphatic rings. The quantitative estimate of drug-likeness (QED) is 0.355. The molecule has 3 N–H and O–H groups in total. The molecule has 1 amide bonds. The first kappa shape index (κ1) is 33.4. The Hall–Kier alpha value is -3.09. The van der Waals surface area contributed by atoms with Crippen LogP contribution in [0.25, 0.3) is 0 Å². The van der Waals surface area contributed by atoms with Gasteiger partial charge in [0.25, 0.3) is 18.3 Å². The minimum Gasteiger partial charge on any atom is -0.483 e. The molecular formula is C29H43ClFN7O4. The van der Waals surface area contributed by atoms with Crippen LogP contribution >= 0.6 is 11.6 Å². The Labute approximate surface area is 252 Å². The summed E-state index contributed by atoms with van der Waals surface area (Å²) in [7, 11) is 0. The normalized spacial score (nSPS) is 16.7. The molecule has 0 bridgehead atoms. The Morgan fingerprint density at radius 3 is 2.55 bits per heavy atom. The highest BCUT2D eigenvalue weighted by Gasteiger charge is 2.50. The molecule has 3 heterocycles. The lowest BCUT2D eigenvalue weighted by molar-refractivity contribution is -0.122. The van der Waals surface area contributed by atoms with Crippen LogP contribution in [0.1, 0.15) is 64.2 Å². The van der Waals surface area contributed by atoms with Crippen molar-refractivity contribution in [3.05, 3.63) is 34.9 Å². The summed E-state index contributed by atoms with van der Waals surface area (Å²) in [5, 5.41) is 15.0. The van der Waals surface area contributed by atoms with E-state index in [9.17, 15) is 9.18 Å². The van der Waals surface area contributed by atoms with Crippen LogP contribution in [0.4, 0.5) is 10.2 Å². The lowest BCUT2D eigenvalue weighted by atomic mass is 9.76. The van der Waals surface area contributed by atoms with E-state index in [0.29, 0.717) is 24.3 Å². The van der Waals surface area contributed by atoms with Gasteiger partial charge in [0.2, 0.25) is 5.28 Å². The third-order valence-electron chi connectivity index (χ3n) is 7.97. The van der Waals surface area contributed by atoms with Crippen LogP contribution in [0.15, 0.2) is 18.2 Å². The number of carbonyl (C=O) groups is 2. The number of halogens is 2. The zero-order valence-electron chi connectivity index (χ0n) is 25.1. The van der Waals surface area contributed by atoms with Gasteiger partial charge in [0.05, 0.1) is 5.56 Å². The van der Waals surface area contributed by atoms with E-state index in [0.717, 1.165) is 52.0 Å². The molecule has 2 aliphatic heterocycles. The third kappa shape index (κ3) is 7.84. The lowest BCUT2D eigenvalue weighted by Gasteiger charge is -2.53. The average molecular weight is 608 g/mol. The van der Waals surface area contributed by atoms with Gasteiger partial charge in [-0.05, 0) is 82.3 Å². The van der Waals surface area contributed by atoms with Crippen LogP contribution in [-0.4, -0.2) is 93.8 Å². The molecule has 1 spiro atoms. The van der Waals surface area contributed by atoms with Gasteiger partial charge in [0, 0.05) is 50.2 Å². The minimum absolute atomic E-state index is 0.0163. The first-order chi connectivity index (χ1) is 20.0. The number of aromatic nitrogens is 3. The first-order valence-corrected chi connectivity index (χ1v) is 14.8. The van der Waals surface area contributed by atoms with Gasteiger partial charge in [0.1, 0.15) is 11.6 Å². The standard InChI is InChI=1S/C28H41ClFN7O2.CH2O2/c1-6-37(19(4)5)26(38)21-14-20(30)9-10-23(21)39-25-24(32-27(29)34-33-25)35-13-11-28(15-35)16-36(17-28)22(18(2)3)8-7-12-31;2-1-3/h9-10,14,18-19,22H,6-8,11-13,15-17,31H2,1-5H3;1H,(H,2,3)/t22-;/m1./s1. The van der Waals surface area contributed by atoms with E-state index in [2.05, 4.69) is 38.8 Å². The monoisotopic (exact) mass is 607 g/mol. The predicted molar refractivity (Wildman–Crippen MR) is 160 cm³/mol. The Bertz CT molecular complexity index is 1210. The fourth-order valence-electron chi connectivity index (χ4n) is 6.01. The molecule has 42 heavy (non-hydrogen) atoms. The molecule has 232 valence electrons. The number of hydrogen-bond donors (Lipinski definition) is 2. The summed E-state index contributed by atoms with van der Waals surface area (Å²) < 4.78 is 20.4. The number of carboxylic acid groups (broad SMARTS) is 1. The van der Waals surface area contributed by atoms with E-state index in [4.69, 9.17) is 32.0 Å². The largest absolute Gasteiger partial charge is 0.483 e. The number of amides is 1. The molecule has 11 nitrogen and oxygen atoms in total. The summed E-state index contributed by atoms with van der Waals surface area (Å²) in [6, 6.07) is 4.38. The molecule has 2 aromatic rings. The number of ether oxygens (including phenoxy) is 1. The van der Waals surface area contributed by atoms with Crippen molar-refractivity contribution >= 4 is 29.8 Å². The van der Waals surface area contributed by atoms with Gasteiger partial charge in [-0.2, -0.15) is 4.98 Å². The maximum absolute atomic E-state index is 14.2. The molecule has 13 heteroatoms. The Balaban J connectivity index is 0.00000155. The number of benzene rings is 1. The van der Waals surface area contributed by atoms with Crippen molar-refractivity contribution < 1.29 is 23.8 Å². The van der Waals surface area contributed by atoms with Crippen LogP contribution in [-0.2, 0) is 4.79 Å². The van der Waals surface area contributed by atoms with Gasteiger partial charge in [0.15, 0.2) is 5.82 Å². The van der Waals surface area contributed by atoms with Crippen LogP contribution in [0.2, 0.25) is 5.28 Å². The van der Waals surface area contributed by atoms with Gasteiger partial charge >= 0.3 is 0 Å². The number of rotatable bonds is 11. The zero-order chi connectivity index (χ0) is 31.0. The molecule has 2 saturated heterocycles. The maximum Gasteiger partial charge on any atom is 0.290 e. The van der Waals surface area contributed by atoms with Gasteiger partial charge in [-0.3, -0.25) is 14.5 Å². The van der Waals surface area contributed by atoms with Crippen molar-refractivity contribution in [2.45, 2.75) is 66.0 Å². The van der Waals surface area contributed by atoms with Crippen LogP contribution in [0.3, 0.4) is 0 Å². The summed E-state index contributed by atoms with van der Waals surface area (Å²) in [4.78, 5) is 32.5. The van der Waals surface area contributed by atoms with E-state index < -0.39 is 5.82 Å². The summed E-state index contributed by atoms with van der Waals surface area (Å²) in [6.07, 6.45) is 3.17. The Kier molecular flexibility index (Phi) is 11.8. The van der Waals surface area contributed by atoms with Crippen LogP contribution in [0.5, 0.6) is 11.6 Å². The average Bonchev–Trinajstić information content (AvgIpc) is 3.36. The molecule has 1 aromatic heterocycles. The number of hydrogen-bond acceptors (Lipinski definition) is 9. The highest BCUT2D eigenvalue weighted by Crippen LogP contribution is 2.45. The van der Waals surface area contributed by atoms with Gasteiger partial charge in [-0.15, -0.1) is 10.2 Å². The van der Waals surface area contributed by atoms with E-state index in [1.807, 2.05) is 20.8 Å². The number of carbonyl (C=O) groups excluding carboxylic acids is 1. The van der Waals surface area contributed by atoms with Crippen molar-refractivity contribution in [1.82, 2.24) is 25.0 Å². The SMILES string of the molecule is CCN(C(=O)c1cc(F)ccc1Oc1nnc(Cl)nc1N1CCC2(C1)CN([C@H](CCCN)C(C)C)C2)C(C)C.O=CO. The molecule has 0 radical (unpaired) electrons. The topological polar surface area (TPSA) is 138 Å². The van der Waals surface area contributed by atoms with Crippen molar-refractivity contribution in [2.24, 2.45) is 17.1 Å². The van der Waals surface area contributed by atoms with Crippen molar-refractivity contribution in [1.29, 1.82) is 0 Å². The maximum atomic E-state index is 14.2. The van der Waals surface area contributed by atoms with Crippen molar-refractivity contribution in [3.63, 3.8) is 0 Å². The fourth-order valence-corrected chi connectivity index (χ4v) is 6.13. The predicted octanol–water partition coefficient (Wildman–Crippen LogP) is 4.30. The highest BCUT2D eigenvalue weighted by atomic mass is 35.5. The molecular weight excluding hydrogens is 565 g/mol. The first-order valence-electron chi connectivity index (χ1n) is 14.4. The number of nitrogens with zero attached hydrogens (tertiary/aromatic N) is 6. The minimum atomic E-state index is -0.520. The van der Waals surface area contributed by atoms with E-state index in [1.54, 1.807) is 4.90 Å². The Morgan fingerprint density at radius 1 is 1.26 bits per heavy atom. The molecule has 2 fully saturated rings. The second-order valence-corrected chi connectivity index (χ2v) is 11.9. The molecule has 0 saturated carbocycles. The second kappa shape index (κ2) is 14.9. The van der Waals surface area contributed by atoms with Gasteiger partial charge < -0.3 is 25.4 Å². The fraction of sp³-hybridized carbons (Fsp3) is 0.621. The number of nitrogens with two attached hydrogens (primary N) is 1. The molecule has 0 unspecified atom stereocenters. The van der Waals surface area contributed by atoms with E-state index >= 15 is 0 Å². The summed E-state index contributed by atoms with van der Waals surface area (Å²) >= 11 is 6.17. The summed E-state index contributed by atoms with van der Waals surface area (Å²) in [5.41, 5.74) is 6.07. The summed E-state index contributed by atoms with van der Waals surface area (Å²) in [5.74, 6) is 0.555. The highest BCUT2D eigenvalue weighted by molar-refractivity contribution is 6.28. The third-order valence-corrected chi connectivity index (χ3v) is 8.13. The smallest absolute Gasteiger partial charge is 0.290 e. The van der Waals surface area contributed by atoms with Crippen LogP contribution in [0, 0.1) is 17.2 Å². The van der Waals surface area contributed by atoms with E-state index in [1.165, 1.54) is 18.2 Å². The van der Waals surface area contributed by atoms with Crippen LogP contribution < -0.4 is 15.4 Å². The Morgan fingerprint density at radius 2 is 1.95 bits per heavy atom. The van der Waals surface area contributed by atoms with Crippen molar-refractivity contribution in [2.75, 3.05) is 44.2 Å². The zero-order valence-corrected chi connectivity index (χ0v) is 25.8. The number of anilines is 1. The van der Waals surface area contributed by atoms with Gasteiger partial charge in [-0.1, -0.05) is 13.8 Å². The molecule has 4 rings (SSSR count). The second-order valence-electron chi connectivity index (χ2n) is 11.6. The van der Waals surface area contributed by atoms with Crippen molar-refractivity contribution in [3.8, 4) is 11.6 Å². The lowest BCUT2D eigenvalue weighted by Crippen LogP contribution is -2.62. The number of likely N-dealkylation sites (tertiary alicyclic amines) is 1. The molecule has 1 aromatic carbocycles.